The SMILES string of the molecule is CC(C)n1ncc2cc(-c3nc(-c4ccc(C=O)cc4)no3)ccc21. The predicted octanol–water partition coefficient (Wildman–Crippen LogP) is 4.15. The van der Waals surface area contributed by atoms with Crippen LogP contribution < -0.4 is 0 Å². The van der Waals surface area contributed by atoms with Crippen LogP contribution in [0.1, 0.15) is 30.2 Å². The van der Waals surface area contributed by atoms with Crippen LogP contribution in [-0.4, -0.2) is 26.2 Å². The van der Waals surface area contributed by atoms with Crippen LogP contribution >= 0.6 is 0 Å². The maximum absolute atomic E-state index is 10.7. The lowest BCUT2D eigenvalue weighted by Crippen LogP contribution is -2.01. The number of aldehydes is 1. The first-order valence-electron chi connectivity index (χ1n) is 8.02. The smallest absolute Gasteiger partial charge is 0.258 e. The molecule has 0 aliphatic heterocycles. The van der Waals surface area contributed by atoms with E-state index in [1.807, 2.05) is 29.1 Å². The number of nitrogens with zero attached hydrogens (tertiary/aromatic N) is 4. The zero-order valence-corrected chi connectivity index (χ0v) is 13.9. The first-order chi connectivity index (χ1) is 12.2. The van der Waals surface area contributed by atoms with Crippen molar-refractivity contribution in [1.29, 1.82) is 0 Å². The van der Waals surface area contributed by atoms with Gasteiger partial charge in [-0.15, -0.1) is 0 Å². The van der Waals surface area contributed by atoms with Gasteiger partial charge >= 0.3 is 0 Å². The molecule has 0 aliphatic rings. The van der Waals surface area contributed by atoms with Gasteiger partial charge in [-0.25, -0.2) is 0 Å². The predicted molar refractivity (Wildman–Crippen MR) is 94.2 cm³/mol. The van der Waals surface area contributed by atoms with Crippen molar-refractivity contribution in [2.75, 3.05) is 0 Å². The zero-order chi connectivity index (χ0) is 17.4. The highest BCUT2D eigenvalue weighted by Crippen LogP contribution is 2.26. The van der Waals surface area contributed by atoms with E-state index in [1.54, 1.807) is 24.3 Å². The van der Waals surface area contributed by atoms with E-state index in [4.69, 9.17) is 4.52 Å². The Morgan fingerprint density at radius 2 is 1.84 bits per heavy atom. The second-order valence-electron chi connectivity index (χ2n) is 6.12. The number of aromatic nitrogens is 4. The Balaban J connectivity index is 1.69. The molecule has 4 aromatic rings. The topological polar surface area (TPSA) is 73.8 Å². The highest BCUT2D eigenvalue weighted by atomic mass is 16.5. The van der Waals surface area contributed by atoms with E-state index in [1.165, 1.54) is 0 Å². The maximum atomic E-state index is 10.7. The van der Waals surface area contributed by atoms with Gasteiger partial charge in [-0.1, -0.05) is 29.4 Å². The average molecular weight is 332 g/mol. The molecule has 4 rings (SSSR count). The molecule has 124 valence electrons. The van der Waals surface area contributed by atoms with Gasteiger partial charge in [-0.3, -0.25) is 9.48 Å². The van der Waals surface area contributed by atoms with Gasteiger partial charge in [0.2, 0.25) is 5.82 Å². The van der Waals surface area contributed by atoms with Gasteiger partial charge in [-0.05, 0) is 32.0 Å². The number of hydrogen-bond donors (Lipinski definition) is 0. The molecule has 0 saturated carbocycles. The van der Waals surface area contributed by atoms with E-state index in [0.717, 1.165) is 28.3 Å². The summed E-state index contributed by atoms with van der Waals surface area (Å²) in [4.78, 5) is 15.2. The number of rotatable bonds is 4. The largest absolute Gasteiger partial charge is 0.334 e. The van der Waals surface area contributed by atoms with Crippen LogP contribution in [0.2, 0.25) is 0 Å². The first-order valence-corrected chi connectivity index (χ1v) is 8.02. The van der Waals surface area contributed by atoms with Gasteiger partial charge in [-0.2, -0.15) is 10.1 Å². The quantitative estimate of drug-likeness (QED) is 0.525. The van der Waals surface area contributed by atoms with E-state index in [-0.39, 0.29) is 0 Å². The standard InChI is InChI=1S/C19H16N4O2/c1-12(2)23-17-8-7-15(9-16(17)10-20-23)19-21-18(22-25-19)14-5-3-13(11-24)4-6-14/h3-12H,1-2H3. The summed E-state index contributed by atoms with van der Waals surface area (Å²) in [6, 6.07) is 13.3. The van der Waals surface area contributed by atoms with Crippen molar-refractivity contribution >= 4 is 17.2 Å². The molecular weight excluding hydrogens is 316 g/mol. The second-order valence-corrected chi connectivity index (χ2v) is 6.12. The fourth-order valence-electron chi connectivity index (χ4n) is 2.77. The van der Waals surface area contributed by atoms with Crippen LogP contribution in [0.4, 0.5) is 0 Å². The highest BCUT2D eigenvalue weighted by molar-refractivity contribution is 5.83. The van der Waals surface area contributed by atoms with E-state index in [0.29, 0.717) is 23.3 Å². The Hall–Kier alpha value is -3.28. The number of carbonyl (C=O) groups excluding carboxylic acids is 1. The molecule has 0 aliphatic carbocycles. The maximum Gasteiger partial charge on any atom is 0.258 e. The summed E-state index contributed by atoms with van der Waals surface area (Å²) in [6.45, 7) is 4.20. The van der Waals surface area contributed by atoms with E-state index >= 15 is 0 Å². The van der Waals surface area contributed by atoms with Gasteiger partial charge in [0.1, 0.15) is 6.29 Å². The van der Waals surface area contributed by atoms with Crippen LogP contribution in [0.3, 0.4) is 0 Å². The third-order valence-electron chi connectivity index (χ3n) is 4.06. The lowest BCUT2D eigenvalue weighted by molar-refractivity contribution is 0.112. The number of fused-ring (bicyclic) bond motifs is 1. The summed E-state index contributed by atoms with van der Waals surface area (Å²) in [5, 5.41) is 9.49. The minimum atomic E-state index is 0.299. The number of carbonyl (C=O) groups is 1. The van der Waals surface area contributed by atoms with Gasteiger partial charge in [0.25, 0.3) is 5.89 Å². The van der Waals surface area contributed by atoms with Gasteiger partial charge in [0.05, 0.1) is 11.7 Å². The Morgan fingerprint density at radius 1 is 1.08 bits per heavy atom. The second kappa shape index (κ2) is 5.98. The van der Waals surface area contributed by atoms with Gasteiger partial charge in [0, 0.05) is 28.1 Å². The third-order valence-corrected chi connectivity index (χ3v) is 4.06. The summed E-state index contributed by atoms with van der Waals surface area (Å²) < 4.78 is 7.39. The Morgan fingerprint density at radius 3 is 2.56 bits per heavy atom. The molecule has 2 aromatic carbocycles. The van der Waals surface area contributed by atoms with Crippen molar-refractivity contribution in [1.82, 2.24) is 19.9 Å². The molecule has 0 unspecified atom stereocenters. The van der Waals surface area contributed by atoms with Crippen LogP contribution in [0.5, 0.6) is 0 Å². The first kappa shape index (κ1) is 15.3. The summed E-state index contributed by atoms with van der Waals surface area (Å²) in [5.41, 5.74) is 3.33. The fourth-order valence-corrected chi connectivity index (χ4v) is 2.77. The summed E-state index contributed by atoms with van der Waals surface area (Å²) in [6.07, 6.45) is 2.65. The molecule has 0 bridgehead atoms. The average Bonchev–Trinajstić information content (AvgIpc) is 3.28. The minimum Gasteiger partial charge on any atom is -0.334 e. The van der Waals surface area contributed by atoms with Crippen LogP contribution in [0.15, 0.2) is 53.2 Å². The van der Waals surface area contributed by atoms with Crippen LogP contribution in [0, 0.1) is 0 Å². The molecule has 0 N–H and O–H groups in total. The summed E-state index contributed by atoms with van der Waals surface area (Å²) in [5.74, 6) is 0.944. The Kier molecular flexibility index (Phi) is 3.65. The van der Waals surface area contributed by atoms with E-state index in [2.05, 4.69) is 29.1 Å². The van der Waals surface area contributed by atoms with E-state index in [9.17, 15) is 4.79 Å². The molecule has 0 atom stereocenters. The van der Waals surface area contributed by atoms with Crippen molar-refractivity contribution in [3.63, 3.8) is 0 Å². The zero-order valence-electron chi connectivity index (χ0n) is 13.9. The fraction of sp³-hybridized carbons (Fsp3) is 0.158. The van der Waals surface area contributed by atoms with Gasteiger partial charge < -0.3 is 4.52 Å². The van der Waals surface area contributed by atoms with Crippen molar-refractivity contribution in [2.45, 2.75) is 19.9 Å². The normalized spacial score (nSPS) is 11.3. The molecule has 2 heterocycles. The molecular formula is C19H16N4O2. The Bertz CT molecular complexity index is 1040. The summed E-state index contributed by atoms with van der Waals surface area (Å²) in [7, 11) is 0. The van der Waals surface area contributed by atoms with Crippen LogP contribution in [-0.2, 0) is 0 Å². The third kappa shape index (κ3) is 2.71. The van der Waals surface area contributed by atoms with Crippen molar-refractivity contribution in [3.8, 4) is 22.8 Å². The van der Waals surface area contributed by atoms with E-state index < -0.39 is 0 Å². The summed E-state index contributed by atoms with van der Waals surface area (Å²) >= 11 is 0. The van der Waals surface area contributed by atoms with Crippen molar-refractivity contribution in [3.05, 3.63) is 54.2 Å². The lowest BCUT2D eigenvalue weighted by atomic mass is 10.1. The molecule has 0 amide bonds. The monoisotopic (exact) mass is 332 g/mol. The van der Waals surface area contributed by atoms with Crippen molar-refractivity contribution in [2.24, 2.45) is 0 Å². The molecule has 0 radical (unpaired) electrons. The molecule has 25 heavy (non-hydrogen) atoms. The Labute approximate surface area is 144 Å². The number of hydrogen-bond acceptors (Lipinski definition) is 5. The molecule has 0 saturated heterocycles. The molecule has 6 heteroatoms. The molecule has 2 aromatic heterocycles. The van der Waals surface area contributed by atoms with Gasteiger partial charge in [0.15, 0.2) is 0 Å². The van der Waals surface area contributed by atoms with Crippen LogP contribution in [0.25, 0.3) is 33.7 Å². The molecule has 0 fully saturated rings. The number of benzene rings is 2. The highest BCUT2D eigenvalue weighted by Gasteiger charge is 2.13. The minimum absolute atomic E-state index is 0.299. The van der Waals surface area contributed by atoms with Crippen molar-refractivity contribution < 1.29 is 9.32 Å². The molecule has 6 nitrogen and oxygen atoms in total. The molecule has 0 spiro atoms. The lowest BCUT2D eigenvalue weighted by Gasteiger charge is -2.06.